The lowest BCUT2D eigenvalue weighted by Gasteiger charge is -2.22. The molecule has 0 spiro atoms. The first-order chi connectivity index (χ1) is 12.1. The molecular weight excluding hydrogens is 388 g/mol. The van der Waals surface area contributed by atoms with Crippen molar-refractivity contribution in [1.82, 2.24) is 5.32 Å². The summed E-state index contributed by atoms with van der Waals surface area (Å²) in [5.41, 5.74) is 2.29. The number of nitrogens with one attached hydrogen (secondary N) is 1. The zero-order valence-electron chi connectivity index (χ0n) is 13.8. The van der Waals surface area contributed by atoms with E-state index in [0.717, 1.165) is 24.1 Å². The molecule has 0 radical (unpaired) electrons. The molecular formula is C18H19BrN2O4. The van der Waals surface area contributed by atoms with Crippen molar-refractivity contribution in [3.8, 4) is 16.9 Å². The van der Waals surface area contributed by atoms with E-state index in [2.05, 4.69) is 21.2 Å². The van der Waals surface area contributed by atoms with E-state index >= 15 is 0 Å². The number of ether oxygens (including phenoxy) is 2. The van der Waals surface area contributed by atoms with Crippen molar-refractivity contribution in [3.05, 3.63) is 56.5 Å². The minimum absolute atomic E-state index is 0.0410. The molecule has 1 aliphatic rings. The van der Waals surface area contributed by atoms with Crippen molar-refractivity contribution < 1.29 is 14.4 Å². The van der Waals surface area contributed by atoms with Gasteiger partial charge in [-0.25, -0.2) is 0 Å². The monoisotopic (exact) mass is 406 g/mol. The topological polar surface area (TPSA) is 73.6 Å². The second-order valence-electron chi connectivity index (χ2n) is 5.72. The summed E-state index contributed by atoms with van der Waals surface area (Å²) in [6.45, 7) is 2.04. The number of benzene rings is 2. The Morgan fingerprint density at radius 1 is 1.24 bits per heavy atom. The van der Waals surface area contributed by atoms with E-state index in [1.54, 1.807) is 13.2 Å². The highest BCUT2D eigenvalue weighted by Crippen LogP contribution is 2.45. The summed E-state index contributed by atoms with van der Waals surface area (Å²) < 4.78 is 11.7. The van der Waals surface area contributed by atoms with Gasteiger partial charge in [0.15, 0.2) is 0 Å². The van der Waals surface area contributed by atoms with Crippen molar-refractivity contribution in [2.24, 2.45) is 0 Å². The van der Waals surface area contributed by atoms with Crippen LogP contribution in [0.25, 0.3) is 11.1 Å². The molecule has 0 aromatic heterocycles. The fourth-order valence-electron chi connectivity index (χ4n) is 3.16. The molecule has 1 aliphatic heterocycles. The highest BCUT2D eigenvalue weighted by Gasteiger charge is 2.27. The number of nitro groups is 1. The molecule has 3 rings (SSSR count). The largest absolute Gasteiger partial charge is 0.496 e. The zero-order valence-corrected chi connectivity index (χ0v) is 15.4. The van der Waals surface area contributed by atoms with E-state index < -0.39 is 0 Å². The van der Waals surface area contributed by atoms with Gasteiger partial charge in [-0.3, -0.25) is 10.1 Å². The van der Waals surface area contributed by atoms with Gasteiger partial charge in [0.1, 0.15) is 5.75 Å². The lowest BCUT2D eigenvalue weighted by molar-refractivity contribution is -0.384. The summed E-state index contributed by atoms with van der Waals surface area (Å²) >= 11 is 3.48. The van der Waals surface area contributed by atoms with Gasteiger partial charge >= 0.3 is 0 Å². The molecule has 0 bridgehead atoms. The van der Waals surface area contributed by atoms with Gasteiger partial charge < -0.3 is 14.8 Å². The molecule has 2 aromatic carbocycles. The maximum Gasteiger partial charge on any atom is 0.278 e. The molecule has 25 heavy (non-hydrogen) atoms. The number of nitro benzene ring substituents is 1. The second-order valence-corrected chi connectivity index (χ2v) is 6.58. The summed E-state index contributed by atoms with van der Waals surface area (Å²) in [5, 5.41) is 15.1. The van der Waals surface area contributed by atoms with Crippen LogP contribution in [0.15, 0.2) is 40.9 Å². The van der Waals surface area contributed by atoms with Gasteiger partial charge in [0, 0.05) is 35.3 Å². The highest BCUT2D eigenvalue weighted by atomic mass is 79.9. The van der Waals surface area contributed by atoms with Gasteiger partial charge in [-0.2, -0.15) is 0 Å². The number of methoxy groups -OCH3 is 1. The van der Waals surface area contributed by atoms with Crippen LogP contribution in [0.5, 0.6) is 5.75 Å². The molecule has 6 nitrogen and oxygen atoms in total. The molecule has 1 unspecified atom stereocenters. The summed E-state index contributed by atoms with van der Waals surface area (Å²) in [6.07, 6.45) is 0.790. The van der Waals surface area contributed by atoms with Gasteiger partial charge in [0.2, 0.25) is 0 Å². The normalized spacial score (nSPS) is 17.8. The Balaban J connectivity index is 2.23. The number of rotatable bonds is 4. The van der Waals surface area contributed by atoms with Crippen molar-refractivity contribution in [2.75, 3.05) is 26.9 Å². The van der Waals surface area contributed by atoms with Gasteiger partial charge in [-0.15, -0.1) is 0 Å². The lowest BCUT2D eigenvalue weighted by atomic mass is 9.91. The van der Waals surface area contributed by atoms with Crippen molar-refractivity contribution in [3.63, 3.8) is 0 Å². The predicted molar refractivity (Wildman–Crippen MR) is 99.0 cm³/mol. The molecule has 7 heteroatoms. The molecule has 0 saturated carbocycles. The summed E-state index contributed by atoms with van der Waals surface area (Å²) in [4.78, 5) is 11.2. The third-order valence-corrected chi connectivity index (χ3v) is 4.94. The minimum Gasteiger partial charge on any atom is -0.496 e. The van der Waals surface area contributed by atoms with Crippen molar-refractivity contribution in [2.45, 2.75) is 12.5 Å². The first-order valence-electron chi connectivity index (χ1n) is 8.04. The molecule has 1 saturated heterocycles. The summed E-state index contributed by atoms with van der Waals surface area (Å²) in [6, 6.07) is 10.8. The fourth-order valence-corrected chi connectivity index (χ4v) is 3.72. The molecule has 1 heterocycles. The molecule has 1 N–H and O–H groups in total. The van der Waals surface area contributed by atoms with Crippen molar-refractivity contribution >= 4 is 21.6 Å². The number of hydrogen-bond acceptors (Lipinski definition) is 5. The van der Waals surface area contributed by atoms with Crippen LogP contribution >= 0.6 is 15.9 Å². The Morgan fingerprint density at radius 3 is 2.80 bits per heavy atom. The van der Waals surface area contributed by atoms with Gasteiger partial charge in [-0.1, -0.05) is 18.2 Å². The van der Waals surface area contributed by atoms with E-state index in [-0.39, 0.29) is 16.7 Å². The predicted octanol–water partition coefficient (Wildman–Crippen LogP) is 4.08. The van der Waals surface area contributed by atoms with Crippen LogP contribution in [0.4, 0.5) is 5.69 Å². The van der Waals surface area contributed by atoms with Crippen LogP contribution < -0.4 is 10.1 Å². The Kier molecular flexibility index (Phi) is 5.67. The van der Waals surface area contributed by atoms with E-state index in [1.165, 1.54) is 6.07 Å². The quantitative estimate of drug-likeness (QED) is 0.611. The van der Waals surface area contributed by atoms with Crippen LogP contribution in [-0.4, -0.2) is 31.8 Å². The van der Waals surface area contributed by atoms with Gasteiger partial charge in [-0.05, 0) is 40.0 Å². The number of nitrogens with zero attached hydrogens (tertiary/aromatic N) is 1. The SMILES string of the molecule is COc1cccc(C2CCOCCN2)c1-c1c(Br)cccc1[N+](=O)[O-]. The molecule has 0 amide bonds. The Hall–Kier alpha value is -1.96. The van der Waals surface area contributed by atoms with E-state index in [9.17, 15) is 10.1 Å². The summed E-state index contributed by atoms with van der Waals surface area (Å²) in [5.74, 6) is 0.611. The van der Waals surface area contributed by atoms with Crippen LogP contribution in [0.2, 0.25) is 0 Å². The zero-order chi connectivity index (χ0) is 17.8. The van der Waals surface area contributed by atoms with Crippen LogP contribution in [-0.2, 0) is 4.74 Å². The standard InChI is InChI=1S/C18H19BrN2O4/c1-24-16-7-2-4-12(14-8-10-25-11-9-20-14)17(16)18-13(19)5-3-6-15(18)21(22)23/h2-7,14,20H,8-11H2,1H3. The second kappa shape index (κ2) is 7.95. The fraction of sp³-hybridized carbons (Fsp3) is 0.333. The molecule has 0 aliphatic carbocycles. The van der Waals surface area contributed by atoms with Crippen LogP contribution in [0.3, 0.4) is 0 Å². The van der Waals surface area contributed by atoms with Crippen molar-refractivity contribution in [1.29, 1.82) is 0 Å². The Labute approximate surface area is 154 Å². The average Bonchev–Trinajstić information content (AvgIpc) is 2.90. The molecule has 1 atom stereocenters. The maximum absolute atomic E-state index is 11.6. The van der Waals surface area contributed by atoms with Gasteiger partial charge in [0.05, 0.1) is 24.2 Å². The first kappa shape index (κ1) is 17.8. The average molecular weight is 407 g/mol. The molecule has 132 valence electrons. The first-order valence-corrected chi connectivity index (χ1v) is 8.84. The number of halogens is 1. The third kappa shape index (κ3) is 3.68. The van der Waals surface area contributed by atoms with Crippen LogP contribution in [0, 0.1) is 10.1 Å². The highest BCUT2D eigenvalue weighted by molar-refractivity contribution is 9.10. The third-order valence-electron chi connectivity index (χ3n) is 4.28. The lowest BCUT2D eigenvalue weighted by Crippen LogP contribution is -2.23. The van der Waals surface area contributed by atoms with Gasteiger partial charge in [0.25, 0.3) is 5.69 Å². The maximum atomic E-state index is 11.6. The van der Waals surface area contributed by atoms with E-state index in [4.69, 9.17) is 9.47 Å². The van der Waals surface area contributed by atoms with E-state index in [1.807, 2.05) is 24.3 Å². The Bertz CT molecular complexity index is 774. The smallest absolute Gasteiger partial charge is 0.278 e. The molecule has 1 fully saturated rings. The van der Waals surface area contributed by atoms with E-state index in [0.29, 0.717) is 29.0 Å². The number of hydrogen-bond donors (Lipinski definition) is 1. The van der Waals surface area contributed by atoms with Crippen LogP contribution in [0.1, 0.15) is 18.0 Å². The molecule has 2 aromatic rings. The summed E-state index contributed by atoms with van der Waals surface area (Å²) in [7, 11) is 1.58. The minimum atomic E-state index is -0.361. The Morgan fingerprint density at radius 2 is 2.04 bits per heavy atom.